The quantitative estimate of drug-likeness (QED) is 0.618. The average molecular weight is 222 g/mol. The molecule has 2 N–H and O–H groups in total. The first-order valence-electron chi connectivity index (χ1n) is 4.71. The molecule has 0 aliphatic carbocycles. The number of rotatable bonds is 4. The Balaban J connectivity index is 2.70. The maximum atomic E-state index is 9.80. The molecule has 0 aromatic carbocycles. The zero-order chi connectivity index (χ0) is 11.4. The van der Waals surface area contributed by atoms with Crippen LogP contribution in [0.5, 0.6) is 0 Å². The predicted octanol–water partition coefficient (Wildman–Crippen LogP) is -1.26. The van der Waals surface area contributed by atoms with E-state index in [-0.39, 0.29) is 6.61 Å². The topological polar surface area (TPSA) is 77.4 Å². The molecule has 6 nitrogen and oxygen atoms in total. The molecule has 1 heterocycles. The van der Waals surface area contributed by atoms with E-state index in [0.29, 0.717) is 0 Å². The second kappa shape index (κ2) is 5.74. The van der Waals surface area contributed by atoms with Gasteiger partial charge in [-0.3, -0.25) is 0 Å². The number of ether oxygens (including phenoxy) is 4. The van der Waals surface area contributed by atoms with Crippen LogP contribution >= 0.6 is 0 Å². The van der Waals surface area contributed by atoms with Crippen LogP contribution in [-0.4, -0.2) is 68.9 Å². The SMILES string of the molecule is COC[C@H]1O[C@@H](OC)[C@H](O)[C@@H](OC)[C@H]1O. The highest BCUT2D eigenvalue weighted by Crippen LogP contribution is 2.23. The van der Waals surface area contributed by atoms with Crippen LogP contribution in [0, 0.1) is 0 Å². The molecule has 0 aromatic heterocycles. The fourth-order valence-corrected chi connectivity index (χ4v) is 1.68. The molecule has 1 saturated heterocycles. The molecule has 0 aromatic rings. The van der Waals surface area contributed by atoms with Crippen molar-refractivity contribution in [3.63, 3.8) is 0 Å². The summed E-state index contributed by atoms with van der Waals surface area (Å²) < 4.78 is 20.2. The highest BCUT2D eigenvalue weighted by atomic mass is 16.7. The summed E-state index contributed by atoms with van der Waals surface area (Å²) in [6, 6.07) is 0. The van der Waals surface area contributed by atoms with Crippen molar-refractivity contribution < 1.29 is 29.2 Å². The minimum atomic E-state index is -1.01. The Morgan fingerprint density at radius 2 is 1.73 bits per heavy atom. The van der Waals surface area contributed by atoms with Crippen LogP contribution in [0.3, 0.4) is 0 Å². The molecule has 0 saturated carbocycles. The van der Waals surface area contributed by atoms with Crippen molar-refractivity contribution in [3.8, 4) is 0 Å². The van der Waals surface area contributed by atoms with Gasteiger partial charge in [0.05, 0.1) is 6.61 Å². The van der Waals surface area contributed by atoms with Crippen LogP contribution in [0.25, 0.3) is 0 Å². The molecular weight excluding hydrogens is 204 g/mol. The summed E-state index contributed by atoms with van der Waals surface area (Å²) >= 11 is 0. The fraction of sp³-hybridized carbons (Fsp3) is 1.00. The third kappa shape index (κ3) is 2.66. The van der Waals surface area contributed by atoms with Crippen molar-refractivity contribution in [1.29, 1.82) is 0 Å². The van der Waals surface area contributed by atoms with Gasteiger partial charge in [0.25, 0.3) is 0 Å². The lowest BCUT2D eigenvalue weighted by Crippen LogP contribution is -2.59. The number of methoxy groups -OCH3 is 3. The summed E-state index contributed by atoms with van der Waals surface area (Å²) in [6.45, 7) is 0.216. The lowest BCUT2D eigenvalue weighted by Gasteiger charge is -2.41. The van der Waals surface area contributed by atoms with Crippen LogP contribution in [0.1, 0.15) is 0 Å². The van der Waals surface area contributed by atoms with E-state index in [2.05, 4.69) is 0 Å². The Kier molecular flexibility index (Phi) is 4.91. The first kappa shape index (κ1) is 12.8. The van der Waals surface area contributed by atoms with Crippen molar-refractivity contribution in [2.45, 2.75) is 30.7 Å². The maximum Gasteiger partial charge on any atom is 0.186 e. The third-order valence-electron chi connectivity index (χ3n) is 2.48. The molecule has 1 aliphatic heterocycles. The van der Waals surface area contributed by atoms with E-state index in [1.807, 2.05) is 0 Å². The zero-order valence-corrected chi connectivity index (χ0v) is 9.12. The molecule has 1 rings (SSSR count). The molecule has 0 radical (unpaired) electrons. The Hall–Kier alpha value is -0.240. The largest absolute Gasteiger partial charge is 0.387 e. The molecular formula is C9H18O6. The Bertz CT molecular complexity index is 187. The zero-order valence-electron chi connectivity index (χ0n) is 9.12. The smallest absolute Gasteiger partial charge is 0.186 e. The van der Waals surface area contributed by atoms with Crippen molar-refractivity contribution >= 4 is 0 Å². The second-order valence-corrected chi connectivity index (χ2v) is 3.42. The van der Waals surface area contributed by atoms with Gasteiger partial charge in [-0.05, 0) is 0 Å². The van der Waals surface area contributed by atoms with Gasteiger partial charge in [-0.15, -0.1) is 0 Å². The third-order valence-corrected chi connectivity index (χ3v) is 2.48. The molecule has 0 amide bonds. The Morgan fingerprint density at radius 1 is 1.07 bits per heavy atom. The average Bonchev–Trinajstić information content (AvgIpc) is 2.23. The van der Waals surface area contributed by atoms with Crippen molar-refractivity contribution in [2.75, 3.05) is 27.9 Å². The van der Waals surface area contributed by atoms with Gasteiger partial charge in [-0.2, -0.15) is 0 Å². The van der Waals surface area contributed by atoms with Crippen molar-refractivity contribution in [1.82, 2.24) is 0 Å². The number of aliphatic hydroxyl groups excluding tert-OH is 2. The highest BCUT2D eigenvalue weighted by molar-refractivity contribution is 4.90. The van der Waals surface area contributed by atoms with Gasteiger partial charge in [0.2, 0.25) is 0 Å². The van der Waals surface area contributed by atoms with Gasteiger partial charge < -0.3 is 29.2 Å². The van der Waals surface area contributed by atoms with Crippen LogP contribution in [-0.2, 0) is 18.9 Å². The van der Waals surface area contributed by atoms with Crippen LogP contribution in [0.4, 0.5) is 0 Å². The van der Waals surface area contributed by atoms with Gasteiger partial charge in [0.1, 0.15) is 24.4 Å². The van der Waals surface area contributed by atoms with Gasteiger partial charge in [-0.1, -0.05) is 0 Å². The summed E-state index contributed by atoms with van der Waals surface area (Å²) in [6.07, 6.45) is -4.05. The van der Waals surface area contributed by atoms with Gasteiger partial charge in [0.15, 0.2) is 6.29 Å². The van der Waals surface area contributed by atoms with E-state index in [0.717, 1.165) is 0 Å². The van der Waals surface area contributed by atoms with E-state index in [4.69, 9.17) is 18.9 Å². The molecule has 1 fully saturated rings. The Morgan fingerprint density at radius 3 is 2.20 bits per heavy atom. The molecule has 0 unspecified atom stereocenters. The van der Waals surface area contributed by atoms with Crippen LogP contribution in [0.2, 0.25) is 0 Å². The lowest BCUT2D eigenvalue weighted by molar-refractivity contribution is -0.299. The monoisotopic (exact) mass is 222 g/mol. The summed E-state index contributed by atoms with van der Waals surface area (Å²) in [5.74, 6) is 0. The van der Waals surface area contributed by atoms with Crippen molar-refractivity contribution in [3.05, 3.63) is 0 Å². The first-order chi connectivity index (χ1) is 7.15. The summed E-state index contributed by atoms with van der Waals surface area (Å²) in [7, 11) is 4.34. The van der Waals surface area contributed by atoms with Gasteiger partial charge in [0, 0.05) is 21.3 Å². The summed E-state index contributed by atoms with van der Waals surface area (Å²) in [5.41, 5.74) is 0. The van der Waals surface area contributed by atoms with E-state index < -0.39 is 30.7 Å². The Labute approximate surface area is 88.7 Å². The summed E-state index contributed by atoms with van der Waals surface area (Å²) in [5, 5.41) is 19.5. The maximum absolute atomic E-state index is 9.80. The molecule has 15 heavy (non-hydrogen) atoms. The van der Waals surface area contributed by atoms with Crippen LogP contribution < -0.4 is 0 Å². The van der Waals surface area contributed by atoms with Gasteiger partial charge >= 0.3 is 0 Å². The fourth-order valence-electron chi connectivity index (χ4n) is 1.68. The van der Waals surface area contributed by atoms with E-state index in [1.54, 1.807) is 0 Å². The molecule has 0 bridgehead atoms. The first-order valence-corrected chi connectivity index (χ1v) is 4.71. The molecule has 1 aliphatic rings. The molecule has 90 valence electrons. The minimum absolute atomic E-state index is 0.216. The van der Waals surface area contributed by atoms with Gasteiger partial charge in [-0.25, -0.2) is 0 Å². The predicted molar refractivity (Wildman–Crippen MR) is 50.4 cm³/mol. The van der Waals surface area contributed by atoms with E-state index in [9.17, 15) is 10.2 Å². The molecule has 6 heteroatoms. The van der Waals surface area contributed by atoms with E-state index in [1.165, 1.54) is 21.3 Å². The number of aliphatic hydroxyl groups is 2. The van der Waals surface area contributed by atoms with Crippen molar-refractivity contribution in [2.24, 2.45) is 0 Å². The number of hydrogen-bond acceptors (Lipinski definition) is 6. The molecule has 5 atom stereocenters. The molecule has 0 spiro atoms. The summed E-state index contributed by atoms with van der Waals surface area (Å²) in [4.78, 5) is 0. The standard InChI is InChI=1S/C9H18O6/c1-12-4-5-6(10)8(13-2)7(11)9(14-3)15-5/h5-11H,4H2,1-3H3/t5-,6+,7-,8+,9-/m1/s1. The highest BCUT2D eigenvalue weighted by Gasteiger charge is 2.44. The minimum Gasteiger partial charge on any atom is -0.387 e. The van der Waals surface area contributed by atoms with E-state index >= 15 is 0 Å². The number of hydrogen-bond donors (Lipinski definition) is 2. The van der Waals surface area contributed by atoms with Crippen LogP contribution in [0.15, 0.2) is 0 Å². The lowest BCUT2D eigenvalue weighted by atomic mass is 9.99. The second-order valence-electron chi connectivity index (χ2n) is 3.42. The normalized spacial score (nSPS) is 41.8.